The molecule has 1 aliphatic heterocycles. The maximum atomic E-state index is 12.1. The quantitative estimate of drug-likeness (QED) is 0.634. The highest BCUT2D eigenvalue weighted by molar-refractivity contribution is 7.13. The van der Waals surface area contributed by atoms with Gasteiger partial charge < -0.3 is 14.0 Å². The highest BCUT2D eigenvalue weighted by Crippen LogP contribution is 2.47. The molecule has 0 atom stereocenters. The summed E-state index contributed by atoms with van der Waals surface area (Å²) < 4.78 is 13.0. The molecule has 0 fully saturated rings. The minimum atomic E-state index is -0.667. The number of carbonyl (C=O) groups is 1. The Morgan fingerprint density at radius 1 is 1.32 bits per heavy atom. The molecule has 0 aliphatic carbocycles. The lowest BCUT2D eigenvalue weighted by Gasteiger charge is -2.10. The second-order valence-corrected chi connectivity index (χ2v) is 6.70. The Bertz CT molecular complexity index is 885. The number of fused-ring (bicyclic) bond motifs is 1. The van der Waals surface area contributed by atoms with Gasteiger partial charge in [-0.3, -0.25) is 4.98 Å². The number of carbonyl (C=O) groups excluding carboxylic acids is 1. The van der Waals surface area contributed by atoms with Crippen molar-refractivity contribution in [1.82, 2.24) is 9.55 Å². The van der Waals surface area contributed by atoms with E-state index in [2.05, 4.69) is 15.6 Å². The monoisotopic (exact) mass is 354 g/mol. The van der Waals surface area contributed by atoms with Gasteiger partial charge in [0.25, 0.3) is 0 Å². The fourth-order valence-electron chi connectivity index (χ4n) is 3.36. The summed E-state index contributed by atoms with van der Waals surface area (Å²) in [4.78, 5) is 17.3. The van der Waals surface area contributed by atoms with Gasteiger partial charge in [-0.15, -0.1) is 11.3 Å². The molecule has 0 amide bonds. The molecule has 3 aromatic rings. The molecule has 0 aromatic carbocycles. The van der Waals surface area contributed by atoms with Crippen LogP contribution < -0.4 is 4.74 Å². The first-order valence-electron chi connectivity index (χ1n) is 8.33. The Morgan fingerprint density at radius 2 is 2.16 bits per heavy atom. The zero-order chi connectivity index (χ0) is 17.2. The fourth-order valence-corrected chi connectivity index (χ4v) is 4.13. The van der Waals surface area contributed by atoms with Gasteiger partial charge in [-0.25, -0.2) is 4.79 Å². The van der Waals surface area contributed by atoms with Gasteiger partial charge in [-0.1, -0.05) is 6.07 Å². The first kappa shape index (κ1) is 15.9. The van der Waals surface area contributed by atoms with Gasteiger partial charge in [-0.2, -0.15) is 0 Å². The molecule has 0 bridgehead atoms. The van der Waals surface area contributed by atoms with E-state index in [1.165, 1.54) is 5.69 Å². The average Bonchev–Trinajstić information content (AvgIpc) is 3.33. The molecule has 3 aromatic heterocycles. The number of pyridine rings is 1. The number of hydrogen-bond acceptors (Lipinski definition) is 5. The van der Waals surface area contributed by atoms with Crippen molar-refractivity contribution in [3.63, 3.8) is 0 Å². The fraction of sp³-hybridized carbons (Fsp3) is 0.263. The van der Waals surface area contributed by atoms with Gasteiger partial charge in [0.1, 0.15) is 5.69 Å². The molecule has 0 saturated heterocycles. The predicted octanol–water partition coefficient (Wildman–Crippen LogP) is 4.76. The van der Waals surface area contributed by atoms with Gasteiger partial charge in [-0.05, 0) is 48.9 Å². The van der Waals surface area contributed by atoms with Crippen molar-refractivity contribution >= 4 is 17.5 Å². The molecule has 6 heteroatoms. The Hall–Kier alpha value is -2.60. The van der Waals surface area contributed by atoms with Crippen LogP contribution in [0.5, 0.6) is 5.75 Å². The molecule has 0 spiro atoms. The third kappa shape index (κ3) is 2.82. The predicted molar refractivity (Wildman–Crippen MR) is 96.9 cm³/mol. The third-order valence-electron chi connectivity index (χ3n) is 4.29. The molecular formula is C19H18N2O3S. The highest BCUT2D eigenvalue weighted by Gasteiger charge is 2.30. The van der Waals surface area contributed by atoms with Crippen molar-refractivity contribution in [3.8, 4) is 27.4 Å². The van der Waals surface area contributed by atoms with E-state index < -0.39 is 6.16 Å². The summed E-state index contributed by atoms with van der Waals surface area (Å²) in [5, 5.41) is 2.03. The largest absolute Gasteiger partial charge is 0.513 e. The lowest BCUT2D eigenvalue weighted by Crippen LogP contribution is -2.11. The number of rotatable bonds is 4. The Balaban J connectivity index is 1.93. The van der Waals surface area contributed by atoms with Crippen molar-refractivity contribution in [3.05, 3.63) is 47.7 Å². The van der Waals surface area contributed by atoms with E-state index in [-0.39, 0.29) is 6.61 Å². The van der Waals surface area contributed by atoms with Gasteiger partial charge in [0.2, 0.25) is 0 Å². The first-order chi connectivity index (χ1) is 12.3. The molecule has 4 heterocycles. The molecule has 25 heavy (non-hydrogen) atoms. The van der Waals surface area contributed by atoms with Gasteiger partial charge in [0, 0.05) is 30.2 Å². The number of hydrogen-bond donors (Lipinski definition) is 0. The molecule has 0 N–H and O–H groups in total. The average molecular weight is 354 g/mol. The second-order valence-electron chi connectivity index (χ2n) is 5.75. The molecule has 0 radical (unpaired) electrons. The van der Waals surface area contributed by atoms with Crippen LogP contribution in [-0.4, -0.2) is 22.3 Å². The zero-order valence-corrected chi connectivity index (χ0v) is 14.7. The standard InChI is InChI=1S/C19H18N2O3S/c1-2-23-19(22)24-18-16(13-7-9-20-10-8-13)14-5-3-11-21(14)17(18)15-6-4-12-25-15/h4,6-10,12H,2-3,5,11H2,1H3. The Morgan fingerprint density at radius 3 is 2.88 bits per heavy atom. The minimum absolute atomic E-state index is 0.283. The van der Waals surface area contributed by atoms with E-state index in [0.717, 1.165) is 41.1 Å². The van der Waals surface area contributed by atoms with Crippen LogP contribution in [0.25, 0.3) is 21.7 Å². The van der Waals surface area contributed by atoms with Crippen molar-refractivity contribution in [1.29, 1.82) is 0 Å². The summed E-state index contributed by atoms with van der Waals surface area (Å²) in [7, 11) is 0. The second kappa shape index (κ2) is 6.72. The molecular weight excluding hydrogens is 336 g/mol. The SMILES string of the molecule is CCOC(=O)Oc1c(-c2ccncc2)c2n(c1-c1cccs1)CCC2. The number of nitrogens with zero attached hydrogens (tertiary/aromatic N) is 2. The summed E-state index contributed by atoms with van der Waals surface area (Å²) >= 11 is 1.64. The summed E-state index contributed by atoms with van der Waals surface area (Å²) in [6, 6.07) is 7.96. The van der Waals surface area contributed by atoms with Crippen LogP contribution in [-0.2, 0) is 17.7 Å². The van der Waals surface area contributed by atoms with Gasteiger partial charge in [0.15, 0.2) is 5.75 Å². The van der Waals surface area contributed by atoms with Crippen LogP contribution in [0.15, 0.2) is 42.0 Å². The molecule has 1 aliphatic rings. The summed E-state index contributed by atoms with van der Waals surface area (Å²) in [5.41, 5.74) is 4.13. The van der Waals surface area contributed by atoms with Crippen molar-refractivity contribution in [2.75, 3.05) is 6.61 Å². The summed E-state index contributed by atoms with van der Waals surface area (Å²) in [6.07, 6.45) is 4.90. The van der Waals surface area contributed by atoms with Crippen LogP contribution in [0.4, 0.5) is 4.79 Å². The van der Waals surface area contributed by atoms with E-state index in [1.807, 2.05) is 23.6 Å². The number of thiophene rings is 1. The Kier molecular flexibility index (Phi) is 4.28. The summed E-state index contributed by atoms with van der Waals surface area (Å²) in [5.74, 6) is 0.585. The van der Waals surface area contributed by atoms with Crippen molar-refractivity contribution in [2.45, 2.75) is 26.3 Å². The third-order valence-corrected chi connectivity index (χ3v) is 5.17. The van der Waals surface area contributed by atoms with E-state index in [9.17, 15) is 4.79 Å². The van der Waals surface area contributed by atoms with Gasteiger partial charge >= 0.3 is 6.16 Å². The van der Waals surface area contributed by atoms with E-state index >= 15 is 0 Å². The first-order valence-corrected chi connectivity index (χ1v) is 9.21. The van der Waals surface area contributed by atoms with Crippen molar-refractivity contribution in [2.24, 2.45) is 0 Å². The van der Waals surface area contributed by atoms with Crippen LogP contribution in [0.1, 0.15) is 19.0 Å². The number of aromatic nitrogens is 2. The maximum Gasteiger partial charge on any atom is 0.513 e. The molecule has 0 unspecified atom stereocenters. The van der Waals surface area contributed by atoms with Crippen molar-refractivity contribution < 1.29 is 14.3 Å². The number of ether oxygens (including phenoxy) is 2. The maximum absolute atomic E-state index is 12.1. The highest BCUT2D eigenvalue weighted by atomic mass is 32.1. The molecule has 5 nitrogen and oxygen atoms in total. The zero-order valence-electron chi connectivity index (χ0n) is 13.9. The van der Waals surface area contributed by atoms with E-state index in [0.29, 0.717) is 5.75 Å². The summed E-state index contributed by atoms with van der Waals surface area (Å²) in [6.45, 7) is 2.98. The molecule has 128 valence electrons. The normalized spacial score (nSPS) is 12.8. The van der Waals surface area contributed by atoms with Crippen LogP contribution in [0.2, 0.25) is 0 Å². The Labute approximate surface area is 149 Å². The van der Waals surface area contributed by atoms with E-state index in [1.54, 1.807) is 30.7 Å². The lowest BCUT2D eigenvalue weighted by atomic mass is 10.0. The van der Waals surface area contributed by atoms with Gasteiger partial charge in [0.05, 0.1) is 11.5 Å². The molecule has 4 rings (SSSR count). The van der Waals surface area contributed by atoms with Crippen LogP contribution in [0, 0.1) is 0 Å². The lowest BCUT2D eigenvalue weighted by molar-refractivity contribution is 0.104. The van der Waals surface area contributed by atoms with E-state index in [4.69, 9.17) is 9.47 Å². The van der Waals surface area contributed by atoms with Crippen LogP contribution in [0.3, 0.4) is 0 Å². The topological polar surface area (TPSA) is 53.4 Å². The molecule has 0 saturated carbocycles. The minimum Gasteiger partial charge on any atom is -0.434 e. The van der Waals surface area contributed by atoms with Crippen LogP contribution >= 0.6 is 11.3 Å². The smallest absolute Gasteiger partial charge is 0.434 e.